The van der Waals surface area contributed by atoms with Crippen molar-refractivity contribution in [2.24, 2.45) is 0 Å². The molecule has 0 unspecified atom stereocenters. The second kappa shape index (κ2) is 7.14. The highest BCUT2D eigenvalue weighted by Crippen LogP contribution is 2.24. The van der Waals surface area contributed by atoms with Crippen molar-refractivity contribution in [2.45, 2.75) is 36.2 Å². The molecule has 0 aliphatic carbocycles. The molecule has 7 heteroatoms. The number of hydrogen-bond donors (Lipinski definition) is 1. The number of ether oxygens (including phenoxy) is 2. The third-order valence-electron chi connectivity index (χ3n) is 3.18. The minimum atomic E-state index is -3.64. The van der Waals surface area contributed by atoms with Crippen LogP contribution < -0.4 is 10.1 Å². The fourth-order valence-corrected chi connectivity index (χ4v) is 3.29. The van der Waals surface area contributed by atoms with E-state index in [4.69, 9.17) is 9.47 Å². The van der Waals surface area contributed by atoms with Gasteiger partial charge in [0.25, 0.3) is 0 Å². The maximum absolute atomic E-state index is 12.6. The van der Waals surface area contributed by atoms with Gasteiger partial charge in [-0.1, -0.05) is 0 Å². The zero-order valence-corrected chi connectivity index (χ0v) is 15.4. The molecule has 0 saturated carbocycles. The molecule has 0 fully saturated rings. The monoisotopic (exact) mass is 363 g/mol. The SMILES string of the molecule is COc1ccc(S(=O)(=O)c2ccc(NC(=O)OC(C)(C)C)cc2)cc1. The van der Waals surface area contributed by atoms with E-state index >= 15 is 0 Å². The largest absolute Gasteiger partial charge is 0.497 e. The molecule has 0 aromatic heterocycles. The molecule has 0 bridgehead atoms. The van der Waals surface area contributed by atoms with E-state index in [-0.39, 0.29) is 9.79 Å². The predicted molar refractivity (Wildman–Crippen MR) is 94.7 cm³/mol. The number of methoxy groups -OCH3 is 1. The summed E-state index contributed by atoms with van der Waals surface area (Å²) in [5, 5.41) is 2.56. The Bertz CT molecular complexity index is 835. The zero-order chi connectivity index (χ0) is 18.7. The topological polar surface area (TPSA) is 81.7 Å². The normalized spacial score (nSPS) is 11.7. The van der Waals surface area contributed by atoms with Crippen molar-refractivity contribution < 1.29 is 22.7 Å². The number of nitrogens with one attached hydrogen (secondary N) is 1. The Hall–Kier alpha value is -2.54. The average molecular weight is 363 g/mol. The molecule has 0 heterocycles. The molecule has 0 aliphatic heterocycles. The van der Waals surface area contributed by atoms with Gasteiger partial charge in [0, 0.05) is 5.69 Å². The van der Waals surface area contributed by atoms with Gasteiger partial charge in [-0.2, -0.15) is 0 Å². The van der Waals surface area contributed by atoms with Crippen molar-refractivity contribution in [2.75, 3.05) is 12.4 Å². The van der Waals surface area contributed by atoms with Gasteiger partial charge in [-0.3, -0.25) is 5.32 Å². The molecular formula is C18H21NO5S. The van der Waals surface area contributed by atoms with Crippen LogP contribution in [0.4, 0.5) is 10.5 Å². The second-order valence-electron chi connectivity index (χ2n) is 6.33. The van der Waals surface area contributed by atoms with Gasteiger partial charge in [0.2, 0.25) is 9.84 Å². The van der Waals surface area contributed by atoms with Crippen molar-refractivity contribution in [1.82, 2.24) is 0 Å². The van der Waals surface area contributed by atoms with Crippen molar-refractivity contribution >= 4 is 21.6 Å². The van der Waals surface area contributed by atoms with Crippen LogP contribution in [0.1, 0.15) is 20.8 Å². The first kappa shape index (κ1) is 18.8. The van der Waals surface area contributed by atoms with Crippen molar-refractivity contribution in [3.63, 3.8) is 0 Å². The summed E-state index contributed by atoms with van der Waals surface area (Å²) in [5.41, 5.74) is -0.162. The number of amides is 1. The van der Waals surface area contributed by atoms with Crippen LogP contribution >= 0.6 is 0 Å². The highest BCUT2D eigenvalue weighted by Gasteiger charge is 2.19. The molecular weight excluding hydrogens is 342 g/mol. The van der Waals surface area contributed by atoms with E-state index in [0.29, 0.717) is 11.4 Å². The predicted octanol–water partition coefficient (Wildman–Crippen LogP) is 3.88. The first-order valence-electron chi connectivity index (χ1n) is 7.61. The van der Waals surface area contributed by atoms with Crippen LogP contribution in [0, 0.1) is 0 Å². The lowest BCUT2D eigenvalue weighted by Gasteiger charge is -2.19. The minimum Gasteiger partial charge on any atom is -0.497 e. The van der Waals surface area contributed by atoms with Gasteiger partial charge >= 0.3 is 6.09 Å². The average Bonchev–Trinajstić information content (AvgIpc) is 2.53. The van der Waals surface area contributed by atoms with Crippen LogP contribution in [-0.2, 0) is 14.6 Å². The van der Waals surface area contributed by atoms with E-state index in [1.807, 2.05) is 0 Å². The fourth-order valence-electron chi connectivity index (χ4n) is 2.03. The Balaban J connectivity index is 2.16. The molecule has 6 nitrogen and oxygen atoms in total. The Morgan fingerprint density at radius 2 is 1.40 bits per heavy atom. The standard InChI is InChI=1S/C18H21NO5S/c1-18(2,3)24-17(20)19-13-5-9-15(10-6-13)25(21,22)16-11-7-14(23-4)8-12-16/h5-12H,1-4H3,(H,19,20). The number of carbonyl (C=O) groups excluding carboxylic acids is 1. The molecule has 1 amide bonds. The molecule has 0 saturated heterocycles. The van der Waals surface area contributed by atoms with Gasteiger partial charge < -0.3 is 9.47 Å². The summed E-state index contributed by atoms with van der Waals surface area (Å²) >= 11 is 0. The van der Waals surface area contributed by atoms with Gasteiger partial charge in [0.15, 0.2) is 0 Å². The lowest BCUT2D eigenvalue weighted by atomic mass is 10.2. The number of carbonyl (C=O) groups is 1. The Morgan fingerprint density at radius 1 is 0.920 bits per heavy atom. The van der Waals surface area contributed by atoms with E-state index < -0.39 is 21.5 Å². The van der Waals surface area contributed by atoms with Crippen molar-refractivity contribution in [3.05, 3.63) is 48.5 Å². The van der Waals surface area contributed by atoms with Crippen molar-refractivity contribution in [3.8, 4) is 5.75 Å². The quantitative estimate of drug-likeness (QED) is 0.891. The first-order chi connectivity index (χ1) is 11.6. The summed E-state index contributed by atoms with van der Waals surface area (Å²) in [6, 6.07) is 12.1. The second-order valence-corrected chi connectivity index (χ2v) is 8.28. The highest BCUT2D eigenvalue weighted by molar-refractivity contribution is 7.91. The summed E-state index contributed by atoms with van der Waals surface area (Å²) < 4.78 is 35.4. The zero-order valence-electron chi connectivity index (χ0n) is 14.6. The third-order valence-corrected chi connectivity index (χ3v) is 4.97. The summed E-state index contributed by atoms with van der Waals surface area (Å²) in [5.74, 6) is 0.579. The summed E-state index contributed by atoms with van der Waals surface area (Å²) in [7, 11) is -2.12. The van der Waals surface area contributed by atoms with Crippen LogP contribution in [0.25, 0.3) is 0 Å². The lowest BCUT2D eigenvalue weighted by molar-refractivity contribution is 0.0636. The Kier molecular flexibility index (Phi) is 5.37. The van der Waals surface area contributed by atoms with E-state index in [9.17, 15) is 13.2 Å². The van der Waals surface area contributed by atoms with E-state index in [1.165, 1.54) is 43.5 Å². The van der Waals surface area contributed by atoms with Crippen molar-refractivity contribution in [1.29, 1.82) is 0 Å². The third kappa shape index (κ3) is 4.96. The molecule has 0 radical (unpaired) electrons. The Morgan fingerprint density at radius 3 is 1.84 bits per heavy atom. The molecule has 25 heavy (non-hydrogen) atoms. The fraction of sp³-hybridized carbons (Fsp3) is 0.278. The van der Waals surface area contributed by atoms with E-state index in [0.717, 1.165) is 0 Å². The Labute approximate surface area is 147 Å². The van der Waals surface area contributed by atoms with Gasteiger partial charge in [-0.05, 0) is 69.3 Å². The highest BCUT2D eigenvalue weighted by atomic mass is 32.2. The first-order valence-corrected chi connectivity index (χ1v) is 9.09. The van der Waals surface area contributed by atoms with Crippen LogP contribution in [0.5, 0.6) is 5.75 Å². The molecule has 0 spiro atoms. The minimum absolute atomic E-state index is 0.132. The molecule has 134 valence electrons. The van der Waals surface area contributed by atoms with Gasteiger partial charge in [-0.25, -0.2) is 13.2 Å². The summed E-state index contributed by atoms with van der Waals surface area (Å²) in [6.07, 6.45) is -0.599. The maximum Gasteiger partial charge on any atom is 0.412 e. The van der Waals surface area contributed by atoms with Crippen LogP contribution in [-0.4, -0.2) is 27.2 Å². The molecule has 1 N–H and O–H groups in total. The molecule has 2 aromatic rings. The molecule has 0 atom stereocenters. The van der Waals surface area contributed by atoms with Gasteiger partial charge in [0.05, 0.1) is 16.9 Å². The van der Waals surface area contributed by atoms with Gasteiger partial charge in [-0.15, -0.1) is 0 Å². The van der Waals surface area contributed by atoms with Crippen LogP contribution in [0.3, 0.4) is 0 Å². The van der Waals surface area contributed by atoms with E-state index in [1.54, 1.807) is 32.9 Å². The number of hydrogen-bond acceptors (Lipinski definition) is 5. The van der Waals surface area contributed by atoms with Crippen LogP contribution in [0.15, 0.2) is 58.3 Å². The summed E-state index contributed by atoms with van der Waals surface area (Å²) in [6.45, 7) is 5.28. The molecule has 2 rings (SSSR count). The smallest absolute Gasteiger partial charge is 0.412 e. The molecule has 0 aliphatic rings. The van der Waals surface area contributed by atoms with Gasteiger partial charge in [0.1, 0.15) is 11.4 Å². The van der Waals surface area contributed by atoms with E-state index in [2.05, 4.69) is 5.32 Å². The lowest BCUT2D eigenvalue weighted by Crippen LogP contribution is -2.27. The van der Waals surface area contributed by atoms with Crippen LogP contribution in [0.2, 0.25) is 0 Å². The number of rotatable bonds is 4. The maximum atomic E-state index is 12.6. The number of sulfone groups is 1. The number of benzene rings is 2. The number of anilines is 1. The summed E-state index contributed by atoms with van der Waals surface area (Å²) in [4.78, 5) is 12.0. The molecule has 2 aromatic carbocycles.